The minimum Gasteiger partial charge on any atom is -0.299 e. The van der Waals surface area contributed by atoms with Crippen LogP contribution in [0, 0.1) is 0 Å². The van der Waals surface area contributed by atoms with Gasteiger partial charge in [0.05, 0.1) is 0 Å². The smallest absolute Gasteiger partial charge is 0.140 e. The van der Waals surface area contributed by atoms with Crippen molar-refractivity contribution in [1.29, 1.82) is 0 Å². The molecule has 1 aliphatic carbocycles. The highest BCUT2D eigenvalue weighted by molar-refractivity contribution is 5.91. The van der Waals surface area contributed by atoms with E-state index in [2.05, 4.69) is 0 Å². The molecule has 0 N–H and O–H groups in total. The molecule has 0 heterocycles. The van der Waals surface area contributed by atoms with Gasteiger partial charge in [-0.15, -0.1) is 0 Å². The predicted molar refractivity (Wildman–Crippen MR) is 54.8 cm³/mol. The first kappa shape index (κ1) is 9.97. The molecule has 0 spiro atoms. The summed E-state index contributed by atoms with van der Waals surface area (Å²) in [4.78, 5) is 11.0. The molecule has 0 saturated heterocycles. The first-order valence-corrected chi connectivity index (χ1v) is 4.95. The number of hydrogen-bond acceptors (Lipinski definition) is 1. The van der Waals surface area contributed by atoms with E-state index in [1.54, 1.807) is 0 Å². The second-order valence-electron chi connectivity index (χ2n) is 2.97. The van der Waals surface area contributed by atoms with Gasteiger partial charge in [0.25, 0.3) is 0 Å². The van der Waals surface area contributed by atoms with Crippen molar-refractivity contribution >= 4 is 5.78 Å². The molecule has 1 aromatic rings. The van der Waals surface area contributed by atoms with Crippen molar-refractivity contribution in [3.63, 3.8) is 0 Å². The number of rotatable bonds is 1. The summed E-state index contributed by atoms with van der Waals surface area (Å²) in [6.45, 7) is 4.00. The van der Waals surface area contributed by atoms with Crippen molar-refractivity contribution in [2.45, 2.75) is 32.6 Å². The van der Waals surface area contributed by atoms with Gasteiger partial charge in [-0.1, -0.05) is 44.2 Å². The van der Waals surface area contributed by atoms with Crippen LogP contribution in [0.25, 0.3) is 0 Å². The zero-order valence-electron chi connectivity index (χ0n) is 8.29. The van der Waals surface area contributed by atoms with Crippen LogP contribution in [-0.4, -0.2) is 5.78 Å². The Balaban J connectivity index is 0.000000396. The standard InChI is InChI=1S/C10H10O.C2H6/c11-10-7-6-9(10)8-4-2-1-3-5-8;1-2/h1-5,9H,6-7H2;1-2H3. The van der Waals surface area contributed by atoms with Crippen LogP contribution in [-0.2, 0) is 4.79 Å². The summed E-state index contributed by atoms with van der Waals surface area (Å²) in [7, 11) is 0. The predicted octanol–water partition coefficient (Wildman–Crippen LogP) is 3.16. The fraction of sp³-hybridized carbons (Fsp3) is 0.417. The van der Waals surface area contributed by atoms with Crippen molar-refractivity contribution in [2.24, 2.45) is 0 Å². The van der Waals surface area contributed by atoms with Crippen LogP contribution in [0.4, 0.5) is 0 Å². The number of carbonyl (C=O) groups is 1. The number of benzene rings is 1. The van der Waals surface area contributed by atoms with Crippen molar-refractivity contribution in [1.82, 2.24) is 0 Å². The molecule has 0 aliphatic heterocycles. The molecule has 1 aromatic carbocycles. The molecule has 0 bridgehead atoms. The molecule has 70 valence electrons. The number of Topliss-reactive ketones (excluding diaryl/α,β-unsaturated/α-hetero) is 1. The molecular weight excluding hydrogens is 160 g/mol. The van der Waals surface area contributed by atoms with E-state index in [9.17, 15) is 4.79 Å². The first-order chi connectivity index (χ1) is 6.38. The second kappa shape index (κ2) is 4.80. The van der Waals surface area contributed by atoms with E-state index in [1.165, 1.54) is 5.56 Å². The highest BCUT2D eigenvalue weighted by Crippen LogP contribution is 2.32. The largest absolute Gasteiger partial charge is 0.299 e. The Kier molecular flexibility index (Phi) is 3.69. The Morgan fingerprint density at radius 3 is 2.15 bits per heavy atom. The van der Waals surface area contributed by atoms with Gasteiger partial charge in [-0.3, -0.25) is 4.79 Å². The van der Waals surface area contributed by atoms with Crippen LogP contribution in [0.5, 0.6) is 0 Å². The highest BCUT2D eigenvalue weighted by Gasteiger charge is 2.28. The lowest BCUT2D eigenvalue weighted by atomic mass is 9.79. The average molecular weight is 176 g/mol. The Hall–Kier alpha value is -1.11. The second-order valence-corrected chi connectivity index (χ2v) is 2.97. The van der Waals surface area contributed by atoms with Crippen LogP contribution < -0.4 is 0 Å². The normalized spacial score (nSPS) is 19.8. The monoisotopic (exact) mass is 176 g/mol. The molecular formula is C12H16O. The summed E-state index contributed by atoms with van der Waals surface area (Å²) in [6.07, 6.45) is 1.82. The molecule has 1 fully saturated rings. The Labute approximate surface area is 79.8 Å². The summed E-state index contributed by atoms with van der Waals surface area (Å²) in [5, 5.41) is 0. The maximum absolute atomic E-state index is 11.0. The molecule has 1 saturated carbocycles. The molecule has 0 amide bonds. The first-order valence-electron chi connectivity index (χ1n) is 4.95. The lowest BCUT2D eigenvalue weighted by molar-refractivity contribution is -0.125. The quantitative estimate of drug-likeness (QED) is 0.642. The van der Waals surface area contributed by atoms with Crippen LogP contribution in [0.2, 0.25) is 0 Å². The van der Waals surface area contributed by atoms with E-state index in [0.717, 1.165) is 12.8 Å². The fourth-order valence-electron chi connectivity index (χ4n) is 1.44. The SMILES string of the molecule is CC.O=C1CCC1c1ccccc1. The fourth-order valence-corrected chi connectivity index (χ4v) is 1.44. The molecule has 0 aromatic heterocycles. The van der Waals surface area contributed by atoms with E-state index in [0.29, 0.717) is 5.78 Å². The van der Waals surface area contributed by atoms with Crippen molar-refractivity contribution in [3.05, 3.63) is 35.9 Å². The summed E-state index contributed by atoms with van der Waals surface area (Å²) in [6, 6.07) is 10.0. The lowest BCUT2D eigenvalue weighted by Gasteiger charge is -2.23. The molecule has 2 rings (SSSR count). The highest BCUT2D eigenvalue weighted by atomic mass is 16.1. The maximum Gasteiger partial charge on any atom is 0.140 e. The van der Waals surface area contributed by atoms with E-state index in [-0.39, 0.29) is 5.92 Å². The van der Waals surface area contributed by atoms with Gasteiger partial charge in [0.1, 0.15) is 5.78 Å². The summed E-state index contributed by atoms with van der Waals surface area (Å²) >= 11 is 0. The number of hydrogen-bond donors (Lipinski definition) is 0. The Morgan fingerprint density at radius 1 is 1.15 bits per heavy atom. The van der Waals surface area contributed by atoms with Crippen LogP contribution >= 0.6 is 0 Å². The molecule has 1 unspecified atom stereocenters. The molecule has 1 heteroatoms. The summed E-state index contributed by atoms with van der Waals surface area (Å²) in [5.74, 6) is 0.618. The molecule has 1 aliphatic rings. The van der Waals surface area contributed by atoms with Gasteiger partial charge in [0.15, 0.2) is 0 Å². The molecule has 13 heavy (non-hydrogen) atoms. The Bertz CT molecular complexity index is 264. The van der Waals surface area contributed by atoms with Gasteiger partial charge in [-0.2, -0.15) is 0 Å². The van der Waals surface area contributed by atoms with Crippen molar-refractivity contribution in [2.75, 3.05) is 0 Å². The van der Waals surface area contributed by atoms with Gasteiger partial charge in [0.2, 0.25) is 0 Å². The summed E-state index contributed by atoms with van der Waals surface area (Å²) < 4.78 is 0. The molecule has 1 nitrogen and oxygen atoms in total. The summed E-state index contributed by atoms with van der Waals surface area (Å²) in [5.41, 5.74) is 1.18. The van der Waals surface area contributed by atoms with Gasteiger partial charge >= 0.3 is 0 Å². The van der Waals surface area contributed by atoms with E-state index < -0.39 is 0 Å². The third-order valence-electron chi connectivity index (χ3n) is 2.27. The van der Waals surface area contributed by atoms with Crippen molar-refractivity contribution in [3.8, 4) is 0 Å². The molecule has 0 radical (unpaired) electrons. The third-order valence-corrected chi connectivity index (χ3v) is 2.27. The number of ketones is 1. The molecule has 1 atom stereocenters. The number of carbonyl (C=O) groups excluding carboxylic acids is 1. The van der Waals surface area contributed by atoms with Crippen molar-refractivity contribution < 1.29 is 4.79 Å². The Morgan fingerprint density at radius 2 is 1.77 bits per heavy atom. The third kappa shape index (κ3) is 2.18. The van der Waals surface area contributed by atoms with Gasteiger partial charge in [0, 0.05) is 12.3 Å². The average Bonchev–Trinajstić information content (AvgIpc) is 2.20. The zero-order valence-corrected chi connectivity index (χ0v) is 8.29. The van der Waals surface area contributed by atoms with Crippen LogP contribution in [0.15, 0.2) is 30.3 Å². The van der Waals surface area contributed by atoms with E-state index >= 15 is 0 Å². The van der Waals surface area contributed by atoms with E-state index in [1.807, 2.05) is 44.2 Å². The van der Waals surface area contributed by atoms with Gasteiger partial charge < -0.3 is 0 Å². The lowest BCUT2D eigenvalue weighted by Crippen LogP contribution is -2.22. The van der Waals surface area contributed by atoms with E-state index in [4.69, 9.17) is 0 Å². The zero-order chi connectivity index (χ0) is 9.68. The van der Waals surface area contributed by atoms with Crippen LogP contribution in [0.1, 0.15) is 38.2 Å². The topological polar surface area (TPSA) is 17.1 Å². The van der Waals surface area contributed by atoms with Gasteiger partial charge in [-0.05, 0) is 12.0 Å². The minimum atomic E-state index is 0.219. The minimum absolute atomic E-state index is 0.219. The maximum atomic E-state index is 11.0. The van der Waals surface area contributed by atoms with Gasteiger partial charge in [-0.25, -0.2) is 0 Å². The van der Waals surface area contributed by atoms with Crippen LogP contribution in [0.3, 0.4) is 0 Å².